The van der Waals surface area contributed by atoms with Gasteiger partial charge in [0.2, 0.25) is 0 Å². The summed E-state index contributed by atoms with van der Waals surface area (Å²) in [6.45, 7) is 1.79. The molecule has 0 aromatic rings. The second-order valence-corrected chi connectivity index (χ2v) is 8.95. The van der Waals surface area contributed by atoms with E-state index in [-0.39, 0.29) is 2.85 Å². The topological polar surface area (TPSA) is 0 Å². The molecule has 0 N–H and O–H groups in total. The van der Waals surface area contributed by atoms with Gasteiger partial charge in [-0.05, 0) is 0 Å². The van der Waals surface area contributed by atoms with Crippen LogP contribution in [0.3, 0.4) is 0 Å². The maximum Gasteiger partial charge on any atom is -1.00 e. The van der Waals surface area contributed by atoms with E-state index in [1.807, 2.05) is 0 Å². The van der Waals surface area contributed by atoms with E-state index in [9.17, 15) is 13.2 Å². The molecule has 0 nitrogen and oxygen atoms in total. The van der Waals surface area contributed by atoms with Gasteiger partial charge in [-0.1, -0.05) is 0 Å². The molecule has 0 unspecified atom stereocenters. The van der Waals surface area contributed by atoms with Crippen LogP contribution in [-0.4, -0.2) is 3.88 Å². The Labute approximate surface area is 98.5 Å². The van der Waals surface area contributed by atoms with E-state index < -0.39 is 25.6 Å². The van der Waals surface area contributed by atoms with Crippen LogP contribution in [0.4, 0.5) is 13.2 Å². The van der Waals surface area contributed by atoms with Gasteiger partial charge >= 0.3 is 95.7 Å². The minimum atomic E-state index is -4.00. The van der Waals surface area contributed by atoms with Crippen molar-refractivity contribution in [3.63, 3.8) is 0 Å². The largest absolute Gasteiger partial charge is 1.00 e. The quantitative estimate of drug-likeness (QED) is 0.681. The van der Waals surface area contributed by atoms with Gasteiger partial charge in [0.05, 0.1) is 0 Å². The average molecular weight is 294 g/mol. The normalized spacial score (nSPS) is 16.7. The third kappa shape index (κ3) is 3.94. The molecule has 1 aliphatic carbocycles. The third-order valence-electron chi connectivity index (χ3n) is 1.99. The van der Waals surface area contributed by atoms with E-state index in [1.54, 1.807) is 37.3 Å². The number of hydrogen-bond donors (Lipinski definition) is 0. The molecule has 0 saturated heterocycles. The van der Waals surface area contributed by atoms with E-state index in [0.717, 1.165) is 0 Å². The predicted octanol–water partition coefficient (Wildman–Crippen LogP) is 4.28. The molecule has 0 radical (unpaired) electrons. The van der Waals surface area contributed by atoms with Crippen molar-refractivity contribution in [2.45, 2.75) is 17.2 Å². The molecule has 15 heavy (non-hydrogen) atoms. The molecule has 1 rings (SSSR count). The van der Waals surface area contributed by atoms with E-state index in [4.69, 9.17) is 0 Å². The Bertz CT molecular complexity index is 330. The molecule has 0 saturated carbocycles. The van der Waals surface area contributed by atoms with Gasteiger partial charge in [-0.2, -0.15) is 0 Å². The van der Waals surface area contributed by atoms with Crippen LogP contribution >= 0.6 is 0 Å². The first-order valence-corrected chi connectivity index (χ1v) is 8.53. The van der Waals surface area contributed by atoms with Crippen LogP contribution in [0, 0.1) is 0 Å². The number of allylic oxidation sites excluding steroid dienone is 7. The first-order chi connectivity index (χ1) is 7.05. The fourth-order valence-corrected chi connectivity index (χ4v) is 5.43. The smallest absolute Gasteiger partial charge is 1.00 e. The van der Waals surface area contributed by atoms with Crippen LogP contribution in [0.15, 0.2) is 43.5 Å². The Morgan fingerprint density at radius 3 is 2.60 bits per heavy atom. The van der Waals surface area contributed by atoms with Crippen molar-refractivity contribution in [2.24, 2.45) is 0 Å². The predicted molar refractivity (Wildman–Crippen MR) is 54.1 cm³/mol. The van der Waals surface area contributed by atoms with Crippen molar-refractivity contribution in [1.82, 2.24) is 0 Å². The molecule has 0 aliphatic heterocycles. The summed E-state index contributed by atoms with van der Waals surface area (Å²) in [7, 11) is 0. The molecule has 0 aromatic carbocycles. The Hall–Kier alpha value is -0.367. The van der Waals surface area contributed by atoms with Gasteiger partial charge in [0.1, 0.15) is 0 Å². The minimum Gasteiger partial charge on any atom is -1.00 e. The molecule has 0 aromatic heterocycles. The van der Waals surface area contributed by atoms with Crippen molar-refractivity contribution < 1.29 is 37.8 Å². The zero-order valence-electron chi connectivity index (χ0n) is 10.4. The monoisotopic (exact) mass is 293 g/mol. The van der Waals surface area contributed by atoms with Crippen LogP contribution in [-0.2, 0) is 21.8 Å². The summed E-state index contributed by atoms with van der Waals surface area (Å²) in [5.74, 6) is 0. The summed E-state index contributed by atoms with van der Waals surface area (Å²) < 4.78 is 36.2. The summed E-state index contributed by atoms with van der Waals surface area (Å²) in [5.41, 5.74) is 0. The molecule has 1 aliphatic rings. The van der Waals surface area contributed by atoms with Crippen molar-refractivity contribution in [2.75, 3.05) is 0 Å². The molecular formula is C11H14F3Zr. The molecule has 0 amide bonds. The summed E-state index contributed by atoms with van der Waals surface area (Å²) in [6, 6.07) is 0. The van der Waals surface area contributed by atoms with Crippen LogP contribution in [0.5, 0.6) is 0 Å². The fourth-order valence-electron chi connectivity index (χ4n) is 1.29. The summed E-state index contributed by atoms with van der Waals surface area (Å²) in [6.07, 6.45) is 10.5. The maximum absolute atomic E-state index is 12.7. The molecule has 0 spiro atoms. The van der Waals surface area contributed by atoms with E-state index in [1.165, 1.54) is 9.86 Å². The number of hydrogen-bond acceptors (Lipinski definition) is 0. The maximum atomic E-state index is 12.7. The van der Waals surface area contributed by atoms with Crippen molar-refractivity contribution >= 4 is 0 Å². The van der Waals surface area contributed by atoms with Gasteiger partial charge in [0, 0.05) is 0 Å². The second kappa shape index (κ2) is 5.64. The molecule has 83 valence electrons. The average Bonchev–Trinajstić information content (AvgIpc) is 2.63. The van der Waals surface area contributed by atoms with Gasteiger partial charge < -0.3 is 2.85 Å². The zero-order chi connectivity index (χ0) is 11.3. The minimum absolute atomic E-state index is 0. The SMILES string of the molecule is CC=CC=[CH][Zr+2]([C]1=CC=CC1)[C](F)(F)F.[H-].[H-]. The van der Waals surface area contributed by atoms with E-state index in [0.29, 0.717) is 9.70 Å². The van der Waals surface area contributed by atoms with Crippen LogP contribution in [0.1, 0.15) is 16.2 Å². The standard InChI is InChI=1S/C5H5.C5H7.CF3.Zr.2H/c1-2-4-5-3-1;1-3-5-4-2;2-1(3)4;;;/h1-3H,4H2;1,3-5H,2H3;;;;/q;;;+2;2*-1. The molecule has 0 bridgehead atoms. The Morgan fingerprint density at radius 1 is 1.40 bits per heavy atom. The van der Waals surface area contributed by atoms with Gasteiger partial charge in [-0.25, -0.2) is 0 Å². The number of halogens is 3. The van der Waals surface area contributed by atoms with Gasteiger partial charge in [-0.3, -0.25) is 0 Å². The van der Waals surface area contributed by atoms with Crippen molar-refractivity contribution in [3.8, 4) is 0 Å². The first kappa shape index (κ1) is 12.7. The molecular weight excluding hydrogens is 280 g/mol. The van der Waals surface area contributed by atoms with Crippen molar-refractivity contribution in [1.29, 1.82) is 0 Å². The first-order valence-electron chi connectivity index (χ1n) is 4.65. The van der Waals surface area contributed by atoms with Gasteiger partial charge in [-0.15, -0.1) is 0 Å². The molecule has 0 heterocycles. The van der Waals surface area contributed by atoms with Crippen molar-refractivity contribution in [3.05, 3.63) is 43.5 Å². The van der Waals surface area contributed by atoms with Crippen LogP contribution in [0.25, 0.3) is 0 Å². The van der Waals surface area contributed by atoms with Gasteiger partial charge in [0.15, 0.2) is 0 Å². The Balaban J connectivity index is 0. The Morgan fingerprint density at radius 2 is 2.13 bits per heavy atom. The number of rotatable bonds is 3. The Kier molecular flexibility index (Phi) is 4.78. The van der Waals surface area contributed by atoms with Crippen LogP contribution in [0.2, 0.25) is 0 Å². The zero-order valence-corrected chi connectivity index (χ0v) is 10.8. The summed E-state index contributed by atoms with van der Waals surface area (Å²) >= 11 is -3.56. The van der Waals surface area contributed by atoms with E-state index in [2.05, 4.69) is 0 Å². The summed E-state index contributed by atoms with van der Waals surface area (Å²) in [5, 5.41) is 0. The summed E-state index contributed by atoms with van der Waals surface area (Å²) in [4.78, 5) is 0. The van der Waals surface area contributed by atoms with Gasteiger partial charge in [0.25, 0.3) is 0 Å². The third-order valence-corrected chi connectivity index (χ3v) is 7.39. The molecule has 0 atom stereocenters. The van der Waals surface area contributed by atoms with E-state index >= 15 is 0 Å². The van der Waals surface area contributed by atoms with Crippen LogP contribution < -0.4 is 0 Å². The number of alkyl halides is 3. The second-order valence-electron chi connectivity index (χ2n) is 3.12. The fraction of sp³-hybridized carbons (Fsp3) is 0.273. The molecule has 4 heteroatoms. The molecule has 0 fully saturated rings.